The maximum absolute atomic E-state index is 13.3. The highest BCUT2D eigenvalue weighted by molar-refractivity contribution is 7.99. The zero-order chi connectivity index (χ0) is 20.0. The van der Waals surface area contributed by atoms with Crippen molar-refractivity contribution in [3.8, 4) is 0 Å². The molecule has 0 fully saturated rings. The third-order valence-corrected chi connectivity index (χ3v) is 5.08. The van der Waals surface area contributed by atoms with E-state index in [0.717, 1.165) is 17.0 Å². The first-order valence-electron chi connectivity index (χ1n) is 7.85. The molecule has 1 aromatic heterocycles. The van der Waals surface area contributed by atoms with Crippen LogP contribution in [0.15, 0.2) is 52.3 Å². The Bertz CT molecular complexity index is 1010. The molecule has 5 nitrogen and oxygen atoms in total. The van der Waals surface area contributed by atoms with Gasteiger partial charge in [0.2, 0.25) is 0 Å². The van der Waals surface area contributed by atoms with Gasteiger partial charge in [0.1, 0.15) is 5.56 Å². The van der Waals surface area contributed by atoms with Crippen molar-refractivity contribution >= 4 is 28.4 Å². The number of halogens is 3. The molecule has 0 radical (unpaired) electrons. The molecule has 0 amide bonds. The maximum atomic E-state index is 13.3. The summed E-state index contributed by atoms with van der Waals surface area (Å²) in [5, 5.41) is 21.9. The van der Waals surface area contributed by atoms with Crippen molar-refractivity contribution < 1.29 is 23.2 Å². The SMILES string of the molecule is CC(C)(O)c1[nH]c2cc(C(F)(F)F)c([N+](=O)[O-])cc2c1Sc1ccccc1. The minimum Gasteiger partial charge on any atom is -0.384 e. The molecule has 0 aliphatic heterocycles. The van der Waals surface area contributed by atoms with Crippen LogP contribution in [0.2, 0.25) is 0 Å². The summed E-state index contributed by atoms with van der Waals surface area (Å²) in [7, 11) is 0. The summed E-state index contributed by atoms with van der Waals surface area (Å²) in [6.45, 7) is 2.98. The van der Waals surface area contributed by atoms with E-state index >= 15 is 0 Å². The highest BCUT2D eigenvalue weighted by Gasteiger charge is 2.39. The zero-order valence-electron chi connectivity index (χ0n) is 14.3. The molecule has 142 valence electrons. The second-order valence-electron chi connectivity index (χ2n) is 6.47. The summed E-state index contributed by atoms with van der Waals surface area (Å²) >= 11 is 1.22. The largest absolute Gasteiger partial charge is 0.423 e. The summed E-state index contributed by atoms with van der Waals surface area (Å²) in [6, 6.07) is 10.6. The molecular formula is C18H15F3N2O3S. The first kappa shape index (κ1) is 19.2. The number of nitrogens with zero attached hydrogens (tertiary/aromatic N) is 1. The van der Waals surface area contributed by atoms with Gasteiger partial charge in [0, 0.05) is 26.8 Å². The van der Waals surface area contributed by atoms with Gasteiger partial charge in [0.25, 0.3) is 5.69 Å². The minimum absolute atomic E-state index is 0.0727. The van der Waals surface area contributed by atoms with Crippen LogP contribution in [0.3, 0.4) is 0 Å². The monoisotopic (exact) mass is 396 g/mol. The number of nitro groups is 1. The quantitative estimate of drug-likeness (QED) is 0.452. The Balaban J connectivity index is 2.31. The molecule has 1 heterocycles. The van der Waals surface area contributed by atoms with Crippen LogP contribution < -0.4 is 0 Å². The molecule has 27 heavy (non-hydrogen) atoms. The highest BCUT2D eigenvalue weighted by Crippen LogP contribution is 2.45. The average Bonchev–Trinajstić information content (AvgIpc) is 2.92. The van der Waals surface area contributed by atoms with Gasteiger partial charge in [0.05, 0.1) is 16.2 Å². The Morgan fingerprint density at radius 3 is 2.30 bits per heavy atom. The number of H-pyrrole nitrogens is 1. The number of nitrogens with one attached hydrogen (secondary N) is 1. The molecule has 2 N–H and O–H groups in total. The van der Waals surface area contributed by atoms with Crippen LogP contribution in [0.4, 0.5) is 18.9 Å². The van der Waals surface area contributed by atoms with E-state index in [2.05, 4.69) is 4.98 Å². The van der Waals surface area contributed by atoms with Crippen molar-refractivity contribution in [1.82, 2.24) is 4.98 Å². The smallest absolute Gasteiger partial charge is 0.384 e. The number of benzene rings is 2. The second kappa shape index (κ2) is 6.58. The summed E-state index contributed by atoms with van der Waals surface area (Å²) in [5.41, 5.74) is -3.38. The summed E-state index contributed by atoms with van der Waals surface area (Å²) in [5.74, 6) is 0. The first-order chi connectivity index (χ1) is 12.5. The number of rotatable bonds is 4. The molecule has 0 aliphatic rings. The zero-order valence-corrected chi connectivity index (χ0v) is 15.1. The van der Waals surface area contributed by atoms with Crippen molar-refractivity contribution in [2.24, 2.45) is 0 Å². The Morgan fingerprint density at radius 1 is 1.15 bits per heavy atom. The lowest BCUT2D eigenvalue weighted by Gasteiger charge is -2.18. The molecule has 2 aromatic carbocycles. The molecule has 0 aliphatic carbocycles. The van der Waals surface area contributed by atoms with Gasteiger partial charge in [-0.25, -0.2) is 0 Å². The maximum Gasteiger partial charge on any atom is 0.423 e. The van der Waals surface area contributed by atoms with Gasteiger partial charge in [-0.15, -0.1) is 0 Å². The Morgan fingerprint density at radius 2 is 1.78 bits per heavy atom. The van der Waals surface area contributed by atoms with Gasteiger partial charge in [-0.2, -0.15) is 13.2 Å². The minimum atomic E-state index is -4.87. The molecular weight excluding hydrogens is 381 g/mol. The van der Waals surface area contributed by atoms with Crippen molar-refractivity contribution in [1.29, 1.82) is 0 Å². The number of aromatic nitrogens is 1. The van der Waals surface area contributed by atoms with Gasteiger partial charge in [0.15, 0.2) is 0 Å². The van der Waals surface area contributed by atoms with Gasteiger partial charge in [-0.05, 0) is 32.0 Å². The van der Waals surface area contributed by atoms with E-state index in [4.69, 9.17) is 0 Å². The molecule has 3 aromatic rings. The van der Waals surface area contributed by atoms with Crippen molar-refractivity contribution in [2.45, 2.75) is 35.4 Å². The summed E-state index contributed by atoms with van der Waals surface area (Å²) in [6.07, 6.45) is -4.87. The lowest BCUT2D eigenvalue weighted by molar-refractivity contribution is -0.387. The molecule has 3 rings (SSSR count). The number of alkyl halides is 3. The Kier molecular flexibility index (Phi) is 4.69. The van der Waals surface area contributed by atoms with Gasteiger partial charge in [-0.3, -0.25) is 10.1 Å². The summed E-state index contributed by atoms with van der Waals surface area (Å²) < 4.78 is 39.8. The van der Waals surface area contributed by atoms with Crippen molar-refractivity contribution in [3.05, 3.63) is 63.8 Å². The van der Waals surface area contributed by atoms with Crippen LogP contribution in [0.25, 0.3) is 10.9 Å². The highest BCUT2D eigenvalue weighted by atomic mass is 32.2. The Hall–Kier alpha value is -2.52. The van der Waals surface area contributed by atoms with Gasteiger partial charge in [-0.1, -0.05) is 30.0 Å². The number of hydrogen-bond donors (Lipinski definition) is 2. The van der Waals surface area contributed by atoms with Crippen LogP contribution in [-0.2, 0) is 11.8 Å². The normalized spacial score (nSPS) is 12.5. The molecule has 0 saturated heterocycles. The van der Waals surface area contributed by atoms with Crippen molar-refractivity contribution in [2.75, 3.05) is 0 Å². The molecule has 0 saturated carbocycles. The van der Waals surface area contributed by atoms with E-state index in [0.29, 0.717) is 10.6 Å². The van der Waals surface area contributed by atoms with Crippen LogP contribution in [-0.4, -0.2) is 15.0 Å². The van der Waals surface area contributed by atoms with Crippen LogP contribution in [0, 0.1) is 10.1 Å². The van der Waals surface area contributed by atoms with E-state index in [1.54, 1.807) is 24.3 Å². The standard InChI is InChI=1S/C18H15F3N2O3S/c1-17(2,24)16-15(27-10-6-4-3-5-7-10)11-8-14(23(25)26)12(18(19,20)21)9-13(11)22-16/h3-9,22,24H,1-2H3. The Labute approximate surface area is 156 Å². The predicted molar refractivity (Wildman–Crippen MR) is 95.8 cm³/mol. The van der Waals surface area contributed by atoms with Crippen LogP contribution >= 0.6 is 11.8 Å². The van der Waals surface area contributed by atoms with Crippen LogP contribution in [0.1, 0.15) is 25.1 Å². The predicted octanol–water partition coefficient (Wildman–Crippen LogP) is 5.47. The topological polar surface area (TPSA) is 79.2 Å². The van der Waals surface area contributed by atoms with Crippen molar-refractivity contribution in [3.63, 3.8) is 0 Å². The fourth-order valence-electron chi connectivity index (χ4n) is 2.73. The number of aliphatic hydroxyl groups is 1. The third-order valence-electron chi connectivity index (χ3n) is 3.94. The number of hydrogen-bond acceptors (Lipinski definition) is 4. The number of fused-ring (bicyclic) bond motifs is 1. The fourth-order valence-corrected chi connectivity index (χ4v) is 3.94. The third kappa shape index (κ3) is 3.79. The molecule has 0 atom stereocenters. The van der Waals surface area contributed by atoms with E-state index < -0.39 is 28.0 Å². The van der Waals surface area contributed by atoms with Gasteiger partial charge < -0.3 is 10.1 Å². The lowest BCUT2D eigenvalue weighted by atomic mass is 10.1. The van der Waals surface area contributed by atoms with Crippen LogP contribution in [0.5, 0.6) is 0 Å². The number of aromatic amines is 1. The lowest BCUT2D eigenvalue weighted by Crippen LogP contribution is -2.16. The second-order valence-corrected chi connectivity index (χ2v) is 7.56. The first-order valence-corrected chi connectivity index (χ1v) is 8.67. The van der Waals surface area contributed by atoms with E-state index in [1.165, 1.54) is 25.6 Å². The van der Waals surface area contributed by atoms with E-state index in [-0.39, 0.29) is 10.9 Å². The summed E-state index contributed by atoms with van der Waals surface area (Å²) in [4.78, 5) is 14.2. The molecule has 0 unspecified atom stereocenters. The average molecular weight is 396 g/mol. The number of nitro benzene ring substituents is 1. The molecule has 9 heteroatoms. The van der Waals surface area contributed by atoms with E-state index in [9.17, 15) is 28.4 Å². The molecule has 0 spiro atoms. The van der Waals surface area contributed by atoms with E-state index in [1.807, 2.05) is 6.07 Å². The van der Waals surface area contributed by atoms with Gasteiger partial charge >= 0.3 is 6.18 Å². The molecule has 0 bridgehead atoms. The fraction of sp³-hybridized carbons (Fsp3) is 0.222.